The highest BCUT2D eigenvalue weighted by molar-refractivity contribution is 6.32. The summed E-state index contributed by atoms with van der Waals surface area (Å²) in [7, 11) is 2.04. The molecule has 0 aliphatic carbocycles. The first-order valence-corrected chi connectivity index (χ1v) is 9.96. The predicted octanol–water partition coefficient (Wildman–Crippen LogP) is 4.59. The third kappa shape index (κ3) is 2.82. The monoisotopic (exact) mass is 395 g/mol. The van der Waals surface area contributed by atoms with Gasteiger partial charge in [-0.15, -0.1) is 0 Å². The number of aryl methyl sites for hydroxylation is 1. The molecule has 3 heterocycles. The SMILES string of the molecule is CC(Oc1nc2c(c3ccccc13)c1cc(Cl)ccc1n2C)N1CCOCC1. The van der Waals surface area contributed by atoms with E-state index in [9.17, 15) is 0 Å². The first-order valence-electron chi connectivity index (χ1n) is 9.58. The van der Waals surface area contributed by atoms with Crippen LogP contribution in [0.3, 0.4) is 0 Å². The second-order valence-electron chi connectivity index (χ2n) is 7.25. The molecule has 6 heteroatoms. The third-order valence-corrected chi connectivity index (χ3v) is 5.84. The van der Waals surface area contributed by atoms with Crippen LogP contribution in [0.1, 0.15) is 6.92 Å². The van der Waals surface area contributed by atoms with E-state index < -0.39 is 0 Å². The van der Waals surface area contributed by atoms with Gasteiger partial charge in [-0.3, -0.25) is 4.90 Å². The standard InChI is InChI=1S/C22H22ClN3O2/c1-14(26-9-11-27-12-10-26)28-22-17-6-4-3-5-16(17)20-18-13-15(23)7-8-19(18)25(2)21(20)24-22/h3-8,13-14H,9-12H2,1-2H3. The lowest BCUT2D eigenvalue weighted by molar-refractivity contribution is -0.0381. The van der Waals surface area contributed by atoms with E-state index in [2.05, 4.69) is 34.6 Å². The molecule has 0 amide bonds. The van der Waals surface area contributed by atoms with Crippen molar-refractivity contribution in [1.82, 2.24) is 14.5 Å². The molecule has 1 aliphatic rings. The number of benzene rings is 2. The summed E-state index contributed by atoms with van der Waals surface area (Å²) >= 11 is 6.30. The molecule has 5 nitrogen and oxygen atoms in total. The maximum absolute atomic E-state index is 6.37. The minimum absolute atomic E-state index is 0.0682. The molecule has 0 radical (unpaired) electrons. The van der Waals surface area contributed by atoms with Gasteiger partial charge < -0.3 is 14.0 Å². The summed E-state index contributed by atoms with van der Waals surface area (Å²) in [6.07, 6.45) is -0.0682. The van der Waals surface area contributed by atoms with Crippen LogP contribution in [0.4, 0.5) is 0 Å². The molecule has 0 N–H and O–H groups in total. The Morgan fingerprint density at radius 1 is 1.07 bits per heavy atom. The van der Waals surface area contributed by atoms with E-state index in [-0.39, 0.29) is 6.23 Å². The van der Waals surface area contributed by atoms with Crippen LogP contribution in [0.15, 0.2) is 42.5 Å². The van der Waals surface area contributed by atoms with E-state index in [0.29, 0.717) is 5.88 Å². The van der Waals surface area contributed by atoms with Crippen molar-refractivity contribution in [2.75, 3.05) is 26.3 Å². The summed E-state index contributed by atoms with van der Waals surface area (Å²) in [5, 5.41) is 5.10. The van der Waals surface area contributed by atoms with Gasteiger partial charge >= 0.3 is 0 Å². The van der Waals surface area contributed by atoms with Crippen LogP contribution in [0.2, 0.25) is 5.02 Å². The van der Waals surface area contributed by atoms with Gasteiger partial charge in [-0.25, -0.2) is 0 Å². The molecule has 1 saturated heterocycles. The highest BCUT2D eigenvalue weighted by Gasteiger charge is 2.22. The quantitative estimate of drug-likeness (QED) is 0.508. The number of hydrogen-bond donors (Lipinski definition) is 0. The third-order valence-electron chi connectivity index (χ3n) is 5.61. The molecule has 1 fully saturated rings. The van der Waals surface area contributed by atoms with Crippen LogP contribution < -0.4 is 4.74 Å². The molecule has 144 valence electrons. The number of halogens is 1. The fourth-order valence-electron chi connectivity index (χ4n) is 4.11. The van der Waals surface area contributed by atoms with Gasteiger partial charge in [0.1, 0.15) is 5.65 Å². The van der Waals surface area contributed by atoms with Gasteiger partial charge in [0, 0.05) is 41.3 Å². The molecule has 0 spiro atoms. The van der Waals surface area contributed by atoms with Crippen LogP contribution in [0, 0.1) is 0 Å². The molecular weight excluding hydrogens is 374 g/mol. The zero-order valence-electron chi connectivity index (χ0n) is 16.0. The van der Waals surface area contributed by atoms with E-state index in [1.165, 1.54) is 0 Å². The van der Waals surface area contributed by atoms with Crippen LogP contribution in [0.25, 0.3) is 32.7 Å². The second kappa shape index (κ2) is 6.92. The average molecular weight is 396 g/mol. The summed E-state index contributed by atoms with van der Waals surface area (Å²) in [5.74, 6) is 0.666. The Bertz CT molecular complexity index is 1180. The fraction of sp³-hybridized carbons (Fsp3) is 0.318. The Balaban J connectivity index is 1.71. The van der Waals surface area contributed by atoms with Crippen molar-refractivity contribution in [2.45, 2.75) is 13.2 Å². The largest absolute Gasteiger partial charge is 0.458 e. The summed E-state index contributed by atoms with van der Waals surface area (Å²) < 4.78 is 13.9. The highest BCUT2D eigenvalue weighted by Crippen LogP contribution is 2.38. The van der Waals surface area contributed by atoms with E-state index in [0.717, 1.165) is 64.0 Å². The lowest BCUT2D eigenvalue weighted by Crippen LogP contribution is -2.44. The number of ether oxygens (including phenoxy) is 2. The fourth-order valence-corrected chi connectivity index (χ4v) is 4.28. The van der Waals surface area contributed by atoms with E-state index >= 15 is 0 Å². The summed E-state index contributed by atoms with van der Waals surface area (Å²) in [6, 6.07) is 14.3. The maximum atomic E-state index is 6.37. The van der Waals surface area contributed by atoms with Gasteiger partial charge in [0.2, 0.25) is 5.88 Å². The van der Waals surface area contributed by atoms with Crippen LogP contribution >= 0.6 is 11.6 Å². The molecule has 0 bridgehead atoms. The van der Waals surface area contributed by atoms with Gasteiger partial charge in [-0.2, -0.15) is 4.98 Å². The van der Waals surface area contributed by atoms with Crippen molar-refractivity contribution in [3.63, 3.8) is 0 Å². The van der Waals surface area contributed by atoms with Crippen LogP contribution in [0.5, 0.6) is 5.88 Å². The first-order chi connectivity index (χ1) is 13.6. The number of rotatable bonds is 3. The topological polar surface area (TPSA) is 39.5 Å². The van der Waals surface area contributed by atoms with Crippen molar-refractivity contribution in [2.24, 2.45) is 7.05 Å². The van der Waals surface area contributed by atoms with Gasteiger partial charge in [-0.05, 0) is 36.6 Å². The average Bonchev–Trinajstić information content (AvgIpc) is 3.00. The van der Waals surface area contributed by atoms with Crippen molar-refractivity contribution >= 4 is 44.3 Å². The molecule has 4 aromatic rings. The predicted molar refractivity (Wildman–Crippen MR) is 113 cm³/mol. The van der Waals surface area contributed by atoms with Gasteiger partial charge in [0.15, 0.2) is 6.23 Å². The molecule has 2 aromatic carbocycles. The van der Waals surface area contributed by atoms with Crippen molar-refractivity contribution < 1.29 is 9.47 Å². The van der Waals surface area contributed by atoms with Gasteiger partial charge in [0.05, 0.1) is 18.7 Å². The molecule has 2 aromatic heterocycles. The van der Waals surface area contributed by atoms with Gasteiger partial charge in [-0.1, -0.05) is 29.8 Å². The minimum atomic E-state index is -0.0682. The lowest BCUT2D eigenvalue weighted by Gasteiger charge is -2.32. The summed E-state index contributed by atoms with van der Waals surface area (Å²) in [5.41, 5.74) is 2.01. The van der Waals surface area contributed by atoms with E-state index in [1.54, 1.807) is 0 Å². The number of pyridine rings is 1. The number of nitrogens with zero attached hydrogens (tertiary/aromatic N) is 3. The van der Waals surface area contributed by atoms with Crippen LogP contribution in [-0.2, 0) is 11.8 Å². The van der Waals surface area contributed by atoms with E-state index in [4.69, 9.17) is 26.1 Å². The Morgan fingerprint density at radius 3 is 2.61 bits per heavy atom. The number of fused-ring (bicyclic) bond motifs is 5. The van der Waals surface area contributed by atoms with Gasteiger partial charge in [0.25, 0.3) is 0 Å². The zero-order chi connectivity index (χ0) is 19.3. The molecular formula is C22H22ClN3O2. The number of hydrogen-bond acceptors (Lipinski definition) is 4. The van der Waals surface area contributed by atoms with Crippen molar-refractivity contribution in [1.29, 1.82) is 0 Å². The molecule has 0 saturated carbocycles. The Morgan fingerprint density at radius 2 is 1.82 bits per heavy atom. The molecule has 28 heavy (non-hydrogen) atoms. The Labute approximate surface area is 168 Å². The zero-order valence-corrected chi connectivity index (χ0v) is 16.7. The minimum Gasteiger partial charge on any atom is -0.458 e. The summed E-state index contributed by atoms with van der Waals surface area (Å²) in [4.78, 5) is 7.23. The van der Waals surface area contributed by atoms with Crippen molar-refractivity contribution in [3.05, 3.63) is 47.5 Å². The molecule has 1 atom stereocenters. The molecule has 5 rings (SSSR count). The highest BCUT2D eigenvalue weighted by atomic mass is 35.5. The number of morpholine rings is 1. The lowest BCUT2D eigenvalue weighted by atomic mass is 10.1. The Kier molecular flexibility index (Phi) is 4.38. The van der Waals surface area contributed by atoms with Crippen molar-refractivity contribution in [3.8, 4) is 5.88 Å². The molecule has 1 aliphatic heterocycles. The normalized spacial score (nSPS) is 16.8. The van der Waals surface area contributed by atoms with E-state index in [1.807, 2.05) is 31.3 Å². The smallest absolute Gasteiger partial charge is 0.224 e. The second-order valence-corrected chi connectivity index (χ2v) is 7.68. The summed E-state index contributed by atoms with van der Waals surface area (Å²) in [6.45, 7) is 5.30. The van der Waals surface area contributed by atoms with Crippen LogP contribution in [-0.4, -0.2) is 47.0 Å². The molecule has 1 unspecified atom stereocenters. The Hall–Kier alpha value is -2.34. The first kappa shape index (κ1) is 17.7. The number of aromatic nitrogens is 2. The maximum Gasteiger partial charge on any atom is 0.224 e.